The SMILES string of the molecule is CCN(CCC(C)(NC)C(=O)OC)CC1CCC1. The Kier molecular flexibility index (Phi) is 6.09. The van der Waals surface area contributed by atoms with Crippen LogP contribution in [0.25, 0.3) is 0 Å². The fraction of sp³-hybridized carbons (Fsp3) is 0.929. The van der Waals surface area contributed by atoms with Crippen molar-refractivity contribution in [3.05, 3.63) is 0 Å². The van der Waals surface area contributed by atoms with E-state index >= 15 is 0 Å². The summed E-state index contributed by atoms with van der Waals surface area (Å²) in [6.07, 6.45) is 4.92. The van der Waals surface area contributed by atoms with Gasteiger partial charge in [0.05, 0.1) is 7.11 Å². The molecular formula is C14H28N2O2. The van der Waals surface area contributed by atoms with Crippen molar-refractivity contribution < 1.29 is 9.53 Å². The van der Waals surface area contributed by atoms with Crippen molar-refractivity contribution in [3.8, 4) is 0 Å². The maximum absolute atomic E-state index is 11.8. The minimum atomic E-state index is -0.568. The summed E-state index contributed by atoms with van der Waals surface area (Å²) in [6.45, 7) is 7.28. The van der Waals surface area contributed by atoms with Gasteiger partial charge < -0.3 is 15.0 Å². The third-order valence-electron chi connectivity index (χ3n) is 4.30. The predicted octanol–water partition coefficient (Wildman–Crippen LogP) is 1.65. The Balaban J connectivity index is 2.41. The normalized spacial score (nSPS) is 19.4. The van der Waals surface area contributed by atoms with Gasteiger partial charge in [-0.05, 0) is 45.7 Å². The lowest BCUT2D eigenvalue weighted by atomic mass is 9.85. The zero-order chi connectivity index (χ0) is 13.6. The monoisotopic (exact) mass is 256 g/mol. The molecule has 0 saturated heterocycles. The number of rotatable bonds is 8. The van der Waals surface area contributed by atoms with Crippen molar-refractivity contribution in [3.63, 3.8) is 0 Å². The van der Waals surface area contributed by atoms with Gasteiger partial charge in [0, 0.05) is 13.1 Å². The average Bonchev–Trinajstić information content (AvgIpc) is 2.35. The van der Waals surface area contributed by atoms with E-state index in [1.54, 1.807) is 0 Å². The molecule has 0 aliphatic heterocycles. The average molecular weight is 256 g/mol. The number of ether oxygens (including phenoxy) is 1. The second-order valence-electron chi connectivity index (χ2n) is 5.51. The molecule has 0 spiro atoms. The molecule has 0 aromatic rings. The van der Waals surface area contributed by atoms with E-state index in [0.717, 1.165) is 25.4 Å². The quantitative estimate of drug-likeness (QED) is 0.671. The lowest BCUT2D eigenvalue weighted by molar-refractivity contribution is -0.148. The van der Waals surface area contributed by atoms with E-state index in [1.165, 1.54) is 32.9 Å². The summed E-state index contributed by atoms with van der Waals surface area (Å²) in [5.74, 6) is 0.702. The zero-order valence-corrected chi connectivity index (χ0v) is 12.3. The molecule has 1 atom stereocenters. The van der Waals surface area contributed by atoms with E-state index < -0.39 is 5.54 Å². The molecule has 18 heavy (non-hydrogen) atoms. The molecule has 1 unspecified atom stereocenters. The number of esters is 1. The molecule has 0 heterocycles. The third kappa shape index (κ3) is 3.95. The summed E-state index contributed by atoms with van der Waals surface area (Å²) < 4.78 is 4.87. The van der Waals surface area contributed by atoms with Gasteiger partial charge in [-0.15, -0.1) is 0 Å². The van der Waals surface area contributed by atoms with Gasteiger partial charge in [-0.25, -0.2) is 0 Å². The molecule has 1 rings (SSSR count). The Morgan fingerprint density at radius 2 is 2.17 bits per heavy atom. The van der Waals surface area contributed by atoms with Crippen LogP contribution in [0.4, 0.5) is 0 Å². The van der Waals surface area contributed by atoms with E-state index in [9.17, 15) is 4.79 Å². The van der Waals surface area contributed by atoms with Crippen LogP contribution in [0.15, 0.2) is 0 Å². The molecule has 1 aliphatic rings. The van der Waals surface area contributed by atoms with E-state index in [1.807, 2.05) is 14.0 Å². The molecule has 1 saturated carbocycles. The Morgan fingerprint density at radius 1 is 1.50 bits per heavy atom. The molecule has 1 N–H and O–H groups in total. The number of carbonyl (C=O) groups excluding carboxylic acids is 1. The molecule has 0 radical (unpaired) electrons. The number of likely N-dealkylation sites (N-methyl/N-ethyl adjacent to an activating group) is 1. The van der Waals surface area contributed by atoms with Gasteiger partial charge in [0.1, 0.15) is 5.54 Å². The molecule has 0 bridgehead atoms. The van der Waals surface area contributed by atoms with Gasteiger partial charge in [0.2, 0.25) is 0 Å². The minimum Gasteiger partial charge on any atom is -0.468 e. The van der Waals surface area contributed by atoms with Gasteiger partial charge in [0.15, 0.2) is 0 Å². The van der Waals surface area contributed by atoms with Crippen molar-refractivity contribution in [2.24, 2.45) is 5.92 Å². The second kappa shape index (κ2) is 7.10. The van der Waals surface area contributed by atoms with E-state index in [-0.39, 0.29) is 5.97 Å². The number of carbonyl (C=O) groups is 1. The highest BCUT2D eigenvalue weighted by atomic mass is 16.5. The van der Waals surface area contributed by atoms with Crippen LogP contribution in [0.5, 0.6) is 0 Å². The molecule has 4 nitrogen and oxygen atoms in total. The largest absolute Gasteiger partial charge is 0.468 e. The highest BCUT2D eigenvalue weighted by Crippen LogP contribution is 2.27. The van der Waals surface area contributed by atoms with Crippen LogP contribution in [0.3, 0.4) is 0 Å². The summed E-state index contributed by atoms with van der Waals surface area (Å²) in [7, 11) is 3.27. The highest BCUT2D eigenvalue weighted by Gasteiger charge is 2.33. The number of hydrogen-bond acceptors (Lipinski definition) is 4. The van der Waals surface area contributed by atoms with Crippen LogP contribution in [0.2, 0.25) is 0 Å². The molecular weight excluding hydrogens is 228 g/mol. The topological polar surface area (TPSA) is 41.6 Å². The van der Waals surface area contributed by atoms with Crippen molar-refractivity contribution in [2.75, 3.05) is 33.8 Å². The zero-order valence-electron chi connectivity index (χ0n) is 12.3. The lowest BCUT2D eigenvalue weighted by Gasteiger charge is -2.34. The maximum Gasteiger partial charge on any atom is 0.325 e. The summed E-state index contributed by atoms with van der Waals surface area (Å²) in [5.41, 5.74) is -0.568. The molecule has 0 amide bonds. The lowest BCUT2D eigenvalue weighted by Crippen LogP contribution is -2.50. The summed E-state index contributed by atoms with van der Waals surface area (Å²) in [6, 6.07) is 0. The Labute approximate surface area is 111 Å². The highest BCUT2D eigenvalue weighted by molar-refractivity contribution is 5.80. The third-order valence-corrected chi connectivity index (χ3v) is 4.30. The van der Waals surface area contributed by atoms with E-state index in [4.69, 9.17) is 4.74 Å². The van der Waals surface area contributed by atoms with Crippen LogP contribution in [-0.4, -0.2) is 50.2 Å². The predicted molar refractivity (Wildman–Crippen MR) is 73.6 cm³/mol. The van der Waals surface area contributed by atoms with Gasteiger partial charge in [-0.1, -0.05) is 13.3 Å². The van der Waals surface area contributed by atoms with Crippen LogP contribution >= 0.6 is 0 Å². The van der Waals surface area contributed by atoms with Crippen LogP contribution in [0.1, 0.15) is 39.5 Å². The Morgan fingerprint density at radius 3 is 2.56 bits per heavy atom. The summed E-state index contributed by atoms with van der Waals surface area (Å²) in [5, 5.41) is 3.09. The Bertz CT molecular complexity index is 267. The first-order valence-electron chi connectivity index (χ1n) is 7.05. The van der Waals surface area contributed by atoms with Crippen molar-refractivity contribution in [2.45, 2.75) is 45.1 Å². The van der Waals surface area contributed by atoms with Gasteiger partial charge >= 0.3 is 5.97 Å². The van der Waals surface area contributed by atoms with Crippen LogP contribution in [0, 0.1) is 5.92 Å². The van der Waals surface area contributed by atoms with Gasteiger partial charge in [-0.3, -0.25) is 4.79 Å². The van der Waals surface area contributed by atoms with Crippen molar-refractivity contribution >= 4 is 5.97 Å². The second-order valence-corrected chi connectivity index (χ2v) is 5.51. The summed E-state index contributed by atoms with van der Waals surface area (Å²) >= 11 is 0. The first-order valence-corrected chi connectivity index (χ1v) is 7.05. The standard InChI is InChI=1S/C14H28N2O2/c1-5-16(11-12-7-6-8-12)10-9-14(2,15-3)13(17)18-4/h12,15H,5-11H2,1-4H3. The maximum atomic E-state index is 11.8. The van der Waals surface area contributed by atoms with Crippen molar-refractivity contribution in [1.29, 1.82) is 0 Å². The molecule has 0 aromatic heterocycles. The van der Waals surface area contributed by atoms with Gasteiger partial charge in [0.25, 0.3) is 0 Å². The van der Waals surface area contributed by atoms with Gasteiger partial charge in [-0.2, -0.15) is 0 Å². The molecule has 0 aromatic carbocycles. The smallest absolute Gasteiger partial charge is 0.325 e. The molecule has 1 fully saturated rings. The first kappa shape index (κ1) is 15.4. The van der Waals surface area contributed by atoms with E-state index in [0.29, 0.717) is 0 Å². The molecule has 4 heteroatoms. The Hall–Kier alpha value is -0.610. The van der Waals surface area contributed by atoms with Crippen molar-refractivity contribution in [1.82, 2.24) is 10.2 Å². The molecule has 106 valence electrons. The van der Waals surface area contributed by atoms with Crippen LogP contribution in [-0.2, 0) is 9.53 Å². The number of methoxy groups -OCH3 is 1. The fourth-order valence-electron chi connectivity index (χ4n) is 2.36. The number of hydrogen-bond donors (Lipinski definition) is 1. The summed E-state index contributed by atoms with van der Waals surface area (Å²) in [4.78, 5) is 14.2. The van der Waals surface area contributed by atoms with E-state index in [2.05, 4.69) is 17.1 Å². The number of nitrogens with zero attached hydrogens (tertiary/aromatic N) is 1. The number of nitrogens with one attached hydrogen (secondary N) is 1. The fourth-order valence-corrected chi connectivity index (χ4v) is 2.36. The molecule has 1 aliphatic carbocycles. The van der Waals surface area contributed by atoms with Crippen LogP contribution < -0.4 is 5.32 Å². The first-order chi connectivity index (χ1) is 8.55. The minimum absolute atomic E-state index is 0.176.